The van der Waals surface area contributed by atoms with Gasteiger partial charge >= 0.3 is 0 Å². The van der Waals surface area contributed by atoms with Crippen LogP contribution in [0, 0.1) is 13.8 Å². The molecule has 1 amide bonds. The number of rotatable bonds is 8. The molecule has 1 aliphatic rings. The predicted octanol–water partition coefficient (Wildman–Crippen LogP) is 3.62. The lowest BCUT2D eigenvalue weighted by Gasteiger charge is -2.34. The van der Waals surface area contributed by atoms with Gasteiger partial charge in [0, 0.05) is 56.9 Å². The van der Waals surface area contributed by atoms with Gasteiger partial charge in [0.25, 0.3) is 5.91 Å². The number of aromatic nitrogens is 2. The van der Waals surface area contributed by atoms with E-state index in [1.807, 2.05) is 38.1 Å². The SMILES string of the molecule is CCN1CCN(Cc2ccccc2CNC(=O)c2cc(C)n(Cc3ccccn3)c2C)CC1. The number of carbonyl (C=O) groups excluding carboxylic acids is 1. The molecule has 0 radical (unpaired) electrons. The van der Waals surface area contributed by atoms with Gasteiger partial charge in [-0.3, -0.25) is 14.7 Å². The van der Waals surface area contributed by atoms with Gasteiger partial charge in [-0.1, -0.05) is 37.3 Å². The minimum atomic E-state index is -0.0262. The van der Waals surface area contributed by atoms with E-state index in [0.29, 0.717) is 13.1 Å². The number of hydrogen-bond donors (Lipinski definition) is 1. The Morgan fingerprint density at radius 1 is 0.939 bits per heavy atom. The van der Waals surface area contributed by atoms with Crippen LogP contribution < -0.4 is 5.32 Å². The average molecular weight is 446 g/mol. The van der Waals surface area contributed by atoms with Crippen LogP contribution in [-0.2, 0) is 19.6 Å². The highest BCUT2D eigenvalue weighted by atomic mass is 16.1. The molecular weight excluding hydrogens is 410 g/mol. The van der Waals surface area contributed by atoms with Crippen molar-refractivity contribution in [2.75, 3.05) is 32.7 Å². The van der Waals surface area contributed by atoms with Crippen molar-refractivity contribution in [3.63, 3.8) is 0 Å². The second-order valence-electron chi connectivity index (χ2n) is 8.85. The van der Waals surface area contributed by atoms with E-state index in [4.69, 9.17) is 0 Å². The molecule has 1 aromatic carbocycles. The second-order valence-corrected chi connectivity index (χ2v) is 8.85. The molecule has 0 aliphatic carbocycles. The topological polar surface area (TPSA) is 53.4 Å². The third-order valence-electron chi connectivity index (χ3n) is 6.73. The first-order chi connectivity index (χ1) is 16.0. The van der Waals surface area contributed by atoms with Crippen molar-refractivity contribution in [2.45, 2.75) is 40.4 Å². The first-order valence-corrected chi connectivity index (χ1v) is 11.9. The Morgan fingerprint density at radius 2 is 1.64 bits per heavy atom. The lowest BCUT2D eigenvalue weighted by Crippen LogP contribution is -2.45. The first kappa shape index (κ1) is 23.2. The Kier molecular flexibility index (Phi) is 7.57. The molecule has 2 aromatic heterocycles. The van der Waals surface area contributed by atoms with Gasteiger partial charge in [0.1, 0.15) is 0 Å². The Morgan fingerprint density at radius 3 is 2.33 bits per heavy atom. The molecule has 6 nitrogen and oxygen atoms in total. The lowest BCUT2D eigenvalue weighted by molar-refractivity contribution is 0.0950. The van der Waals surface area contributed by atoms with Gasteiger partial charge in [0.05, 0.1) is 17.8 Å². The van der Waals surface area contributed by atoms with Crippen molar-refractivity contribution < 1.29 is 4.79 Å². The van der Waals surface area contributed by atoms with Crippen molar-refractivity contribution in [1.82, 2.24) is 24.7 Å². The Balaban J connectivity index is 1.40. The molecule has 0 saturated carbocycles. The summed E-state index contributed by atoms with van der Waals surface area (Å²) in [6.07, 6.45) is 1.80. The molecule has 4 rings (SSSR count). The minimum Gasteiger partial charge on any atom is -0.348 e. The fourth-order valence-corrected chi connectivity index (χ4v) is 4.59. The number of hydrogen-bond acceptors (Lipinski definition) is 4. The van der Waals surface area contributed by atoms with Gasteiger partial charge in [-0.05, 0) is 49.7 Å². The monoisotopic (exact) mass is 445 g/mol. The van der Waals surface area contributed by atoms with Gasteiger partial charge in [-0.25, -0.2) is 0 Å². The Bertz CT molecular complexity index is 1070. The van der Waals surface area contributed by atoms with Crippen molar-refractivity contribution >= 4 is 5.91 Å². The van der Waals surface area contributed by atoms with E-state index in [1.165, 1.54) is 11.1 Å². The van der Waals surface area contributed by atoms with Gasteiger partial charge < -0.3 is 14.8 Å². The molecule has 33 heavy (non-hydrogen) atoms. The summed E-state index contributed by atoms with van der Waals surface area (Å²) >= 11 is 0. The van der Waals surface area contributed by atoms with Crippen LogP contribution in [0.3, 0.4) is 0 Å². The molecular formula is C27H35N5O. The number of benzene rings is 1. The molecule has 3 aromatic rings. The molecule has 0 atom stereocenters. The summed E-state index contributed by atoms with van der Waals surface area (Å²) in [5.41, 5.74) is 6.23. The third-order valence-corrected chi connectivity index (χ3v) is 6.73. The summed E-state index contributed by atoms with van der Waals surface area (Å²) in [5, 5.41) is 3.16. The fourth-order valence-electron chi connectivity index (χ4n) is 4.59. The Hall–Kier alpha value is -2.96. The number of aryl methyl sites for hydroxylation is 1. The molecule has 0 unspecified atom stereocenters. The zero-order valence-corrected chi connectivity index (χ0v) is 20.1. The van der Waals surface area contributed by atoms with Gasteiger partial charge in [-0.15, -0.1) is 0 Å². The lowest BCUT2D eigenvalue weighted by atomic mass is 10.1. The van der Waals surface area contributed by atoms with Crippen LogP contribution in [0.4, 0.5) is 0 Å². The molecule has 1 fully saturated rings. The molecule has 1 aliphatic heterocycles. The largest absolute Gasteiger partial charge is 0.348 e. The van der Waals surface area contributed by atoms with Crippen LogP contribution >= 0.6 is 0 Å². The summed E-state index contributed by atoms with van der Waals surface area (Å²) in [7, 11) is 0. The fraction of sp³-hybridized carbons (Fsp3) is 0.407. The van der Waals surface area contributed by atoms with Crippen LogP contribution in [0.2, 0.25) is 0 Å². The zero-order valence-electron chi connectivity index (χ0n) is 20.1. The van der Waals surface area contributed by atoms with Crippen molar-refractivity contribution in [3.05, 3.63) is 88.5 Å². The summed E-state index contributed by atoms with van der Waals surface area (Å²) < 4.78 is 2.15. The van der Waals surface area contributed by atoms with E-state index in [2.05, 4.69) is 55.9 Å². The van der Waals surface area contributed by atoms with E-state index in [9.17, 15) is 4.79 Å². The van der Waals surface area contributed by atoms with Crippen LogP contribution in [0.25, 0.3) is 0 Å². The average Bonchev–Trinajstić information content (AvgIpc) is 3.13. The summed E-state index contributed by atoms with van der Waals surface area (Å²) in [6.45, 7) is 14.0. The highest BCUT2D eigenvalue weighted by Crippen LogP contribution is 2.18. The highest BCUT2D eigenvalue weighted by molar-refractivity contribution is 5.95. The maximum absolute atomic E-state index is 13.1. The maximum Gasteiger partial charge on any atom is 0.253 e. The first-order valence-electron chi connectivity index (χ1n) is 11.9. The second kappa shape index (κ2) is 10.8. The molecule has 0 bridgehead atoms. The van der Waals surface area contributed by atoms with Crippen LogP contribution in [0.1, 0.15) is 45.5 Å². The molecule has 6 heteroatoms. The minimum absolute atomic E-state index is 0.0262. The Labute approximate surface area is 197 Å². The van der Waals surface area contributed by atoms with Crippen LogP contribution in [-0.4, -0.2) is 58.0 Å². The molecule has 3 heterocycles. The molecule has 174 valence electrons. The quantitative estimate of drug-likeness (QED) is 0.576. The summed E-state index contributed by atoms with van der Waals surface area (Å²) in [4.78, 5) is 22.5. The van der Waals surface area contributed by atoms with E-state index < -0.39 is 0 Å². The van der Waals surface area contributed by atoms with E-state index in [0.717, 1.165) is 61.9 Å². The molecule has 1 saturated heterocycles. The van der Waals surface area contributed by atoms with Crippen molar-refractivity contribution in [3.8, 4) is 0 Å². The van der Waals surface area contributed by atoms with E-state index in [1.54, 1.807) is 6.20 Å². The van der Waals surface area contributed by atoms with Gasteiger partial charge in [0.2, 0.25) is 0 Å². The van der Waals surface area contributed by atoms with Gasteiger partial charge in [-0.2, -0.15) is 0 Å². The number of amides is 1. The highest BCUT2D eigenvalue weighted by Gasteiger charge is 2.18. The summed E-state index contributed by atoms with van der Waals surface area (Å²) in [5.74, 6) is -0.0262. The van der Waals surface area contributed by atoms with E-state index in [-0.39, 0.29) is 5.91 Å². The van der Waals surface area contributed by atoms with Gasteiger partial charge in [0.15, 0.2) is 0 Å². The number of nitrogens with one attached hydrogen (secondary N) is 1. The number of likely N-dealkylation sites (N-methyl/N-ethyl adjacent to an activating group) is 1. The normalized spacial score (nSPS) is 15.0. The number of piperazine rings is 1. The smallest absolute Gasteiger partial charge is 0.253 e. The maximum atomic E-state index is 13.1. The number of pyridine rings is 1. The zero-order chi connectivity index (χ0) is 23.2. The molecule has 0 spiro atoms. The van der Waals surface area contributed by atoms with E-state index >= 15 is 0 Å². The summed E-state index contributed by atoms with van der Waals surface area (Å²) in [6, 6.07) is 16.4. The van der Waals surface area contributed by atoms with Crippen molar-refractivity contribution in [1.29, 1.82) is 0 Å². The predicted molar refractivity (Wildman–Crippen MR) is 132 cm³/mol. The number of carbonyl (C=O) groups is 1. The third kappa shape index (κ3) is 5.70. The van der Waals surface area contributed by atoms with Crippen molar-refractivity contribution in [2.24, 2.45) is 0 Å². The number of nitrogens with zero attached hydrogens (tertiary/aromatic N) is 4. The molecule has 1 N–H and O–H groups in total. The van der Waals surface area contributed by atoms with Crippen LogP contribution in [0.5, 0.6) is 0 Å². The van der Waals surface area contributed by atoms with Crippen LogP contribution in [0.15, 0.2) is 54.7 Å². The standard InChI is InChI=1S/C27H35N5O/c1-4-30-13-15-31(16-14-30)19-24-10-6-5-9-23(24)18-29-27(33)26-17-21(2)32(22(26)3)20-25-11-7-8-12-28-25/h5-12,17H,4,13-16,18-20H2,1-3H3,(H,29,33).